The minimum atomic E-state index is -2.56. The topological polar surface area (TPSA) is 0 Å². The van der Waals surface area contributed by atoms with Gasteiger partial charge in [-0.25, -0.2) is 0 Å². The summed E-state index contributed by atoms with van der Waals surface area (Å²) >= 11 is 16.5. The van der Waals surface area contributed by atoms with Gasteiger partial charge in [0.2, 0.25) is 0 Å². The van der Waals surface area contributed by atoms with E-state index in [0.717, 1.165) is 4.47 Å². The third-order valence-corrected chi connectivity index (χ3v) is 11.4. The van der Waals surface area contributed by atoms with Crippen LogP contribution in [0, 0.1) is 0 Å². The van der Waals surface area contributed by atoms with Gasteiger partial charge in [0.15, 0.2) is 8.07 Å². The summed E-state index contributed by atoms with van der Waals surface area (Å²) in [7, 11) is -2.56. The second kappa shape index (κ2) is 8.26. The minimum absolute atomic E-state index is 0.544. The molecule has 4 rings (SSSR count). The Morgan fingerprint density at radius 3 is 1.29 bits per heavy atom. The molecule has 0 bridgehead atoms. The van der Waals surface area contributed by atoms with E-state index in [1.807, 2.05) is 6.07 Å². The molecule has 0 spiro atoms. The van der Waals surface area contributed by atoms with Crippen LogP contribution in [-0.4, -0.2) is 8.07 Å². The van der Waals surface area contributed by atoms with E-state index < -0.39 is 8.07 Å². The summed E-state index contributed by atoms with van der Waals surface area (Å²) < 4.78 is 0.816. The van der Waals surface area contributed by atoms with Crippen LogP contribution < -0.4 is 20.7 Å². The van der Waals surface area contributed by atoms with Crippen molar-refractivity contribution in [3.05, 3.63) is 118 Å². The largest absolute Gasteiger partial charge is 0.179 e. The molecular weight excluding hydrogens is 467 g/mol. The SMILES string of the molecule is Clc1cc([Si](c2ccccc2)(c2ccccc2)c2ccccc2)cc(Br)c1Cl. The van der Waals surface area contributed by atoms with Crippen molar-refractivity contribution >= 4 is 68.0 Å². The zero-order valence-corrected chi connectivity index (χ0v) is 19.0. The molecule has 4 aromatic carbocycles. The van der Waals surface area contributed by atoms with E-state index in [4.69, 9.17) is 23.2 Å². The third-order valence-electron chi connectivity index (χ3n) is 5.04. The van der Waals surface area contributed by atoms with Crippen LogP contribution in [-0.2, 0) is 0 Å². The van der Waals surface area contributed by atoms with Crippen molar-refractivity contribution in [3.8, 4) is 0 Å². The minimum Gasteiger partial charge on any atom is -0.0827 e. The number of halogens is 3. The summed E-state index contributed by atoms with van der Waals surface area (Å²) in [6.45, 7) is 0. The van der Waals surface area contributed by atoms with E-state index in [0.29, 0.717) is 10.0 Å². The normalized spacial score (nSPS) is 11.4. The summed E-state index contributed by atoms with van der Waals surface area (Å²) in [6, 6.07) is 36.3. The lowest BCUT2D eigenvalue weighted by Gasteiger charge is -2.34. The molecule has 4 heteroatoms. The molecule has 0 unspecified atom stereocenters. The van der Waals surface area contributed by atoms with Crippen molar-refractivity contribution in [2.75, 3.05) is 0 Å². The average Bonchev–Trinajstić information content (AvgIpc) is 2.75. The molecule has 0 N–H and O–H groups in total. The van der Waals surface area contributed by atoms with Crippen molar-refractivity contribution in [1.82, 2.24) is 0 Å². The Balaban J connectivity index is 2.17. The molecule has 28 heavy (non-hydrogen) atoms. The molecule has 4 aromatic rings. The Bertz CT molecular complexity index is 964. The van der Waals surface area contributed by atoms with Gasteiger partial charge in [0, 0.05) is 4.47 Å². The van der Waals surface area contributed by atoms with Crippen LogP contribution in [0.2, 0.25) is 10.0 Å². The molecule has 0 amide bonds. The van der Waals surface area contributed by atoms with E-state index in [1.54, 1.807) is 0 Å². The lowest BCUT2D eigenvalue weighted by atomic mass is 10.3. The van der Waals surface area contributed by atoms with E-state index >= 15 is 0 Å². The van der Waals surface area contributed by atoms with E-state index in [9.17, 15) is 0 Å². The average molecular weight is 484 g/mol. The molecule has 0 atom stereocenters. The fraction of sp³-hybridized carbons (Fsp3) is 0. The van der Waals surface area contributed by atoms with Crippen LogP contribution >= 0.6 is 39.1 Å². The number of hydrogen-bond donors (Lipinski definition) is 0. The Kier molecular flexibility index (Phi) is 5.74. The van der Waals surface area contributed by atoms with Crippen molar-refractivity contribution in [1.29, 1.82) is 0 Å². The van der Waals surface area contributed by atoms with Gasteiger partial charge in [0.05, 0.1) is 10.0 Å². The summed E-state index contributed by atoms with van der Waals surface area (Å²) in [5.41, 5.74) is 0. The van der Waals surface area contributed by atoms with Crippen molar-refractivity contribution < 1.29 is 0 Å². The molecule has 0 saturated heterocycles. The Morgan fingerprint density at radius 2 is 0.929 bits per heavy atom. The summed E-state index contributed by atoms with van der Waals surface area (Å²) in [5, 5.41) is 6.21. The van der Waals surface area contributed by atoms with Gasteiger partial charge in [0.25, 0.3) is 0 Å². The number of hydrogen-bond acceptors (Lipinski definition) is 0. The smallest absolute Gasteiger partial charge is 0.0827 e. The standard InChI is InChI=1S/C24H17BrCl2Si/c25-22-16-21(17-23(26)24(22)27)28(18-10-4-1-5-11-18,19-12-6-2-7-13-19)20-14-8-3-9-15-20/h1-17H. The first-order chi connectivity index (χ1) is 13.6. The van der Waals surface area contributed by atoms with Gasteiger partial charge >= 0.3 is 0 Å². The zero-order valence-electron chi connectivity index (χ0n) is 14.9. The van der Waals surface area contributed by atoms with Crippen molar-refractivity contribution in [2.24, 2.45) is 0 Å². The molecule has 0 nitrogen and oxygen atoms in total. The molecule has 0 aliphatic rings. The maximum atomic E-state index is 6.55. The van der Waals surface area contributed by atoms with Gasteiger partial charge in [-0.3, -0.25) is 0 Å². The summed E-state index contributed by atoms with van der Waals surface area (Å²) in [4.78, 5) is 0. The Morgan fingerprint density at radius 1 is 0.536 bits per heavy atom. The first kappa shape index (κ1) is 19.5. The summed E-state index contributed by atoms with van der Waals surface area (Å²) in [6.07, 6.45) is 0. The first-order valence-electron chi connectivity index (χ1n) is 8.95. The maximum Gasteiger partial charge on any atom is 0.179 e. The Labute approximate surface area is 184 Å². The van der Waals surface area contributed by atoms with E-state index in [1.165, 1.54) is 20.7 Å². The fourth-order valence-corrected chi connectivity index (χ4v) is 9.84. The van der Waals surface area contributed by atoms with E-state index in [2.05, 4.69) is 113 Å². The molecule has 0 aromatic heterocycles. The van der Waals surface area contributed by atoms with Crippen LogP contribution in [0.25, 0.3) is 0 Å². The molecule has 0 heterocycles. The van der Waals surface area contributed by atoms with Crippen LogP contribution in [0.5, 0.6) is 0 Å². The molecule has 0 saturated carbocycles. The number of rotatable bonds is 4. The molecule has 0 aliphatic heterocycles. The van der Waals surface area contributed by atoms with Crippen LogP contribution in [0.15, 0.2) is 108 Å². The quantitative estimate of drug-likeness (QED) is 0.214. The molecular formula is C24H17BrCl2Si. The van der Waals surface area contributed by atoms with Crippen molar-refractivity contribution in [2.45, 2.75) is 0 Å². The highest BCUT2D eigenvalue weighted by molar-refractivity contribution is 9.10. The van der Waals surface area contributed by atoms with Gasteiger partial charge in [0.1, 0.15) is 0 Å². The zero-order chi connectivity index (χ0) is 19.6. The third kappa shape index (κ3) is 3.35. The van der Waals surface area contributed by atoms with Gasteiger partial charge in [-0.05, 0) is 48.8 Å². The summed E-state index contributed by atoms with van der Waals surface area (Å²) in [5.74, 6) is 0. The Hall–Kier alpha value is -1.84. The van der Waals surface area contributed by atoms with Gasteiger partial charge in [-0.2, -0.15) is 0 Å². The monoisotopic (exact) mass is 482 g/mol. The second-order valence-corrected chi connectivity index (χ2v) is 12.1. The van der Waals surface area contributed by atoms with Gasteiger partial charge < -0.3 is 0 Å². The van der Waals surface area contributed by atoms with Crippen LogP contribution in [0.4, 0.5) is 0 Å². The predicted molar refractivity (Wildman–Crippen MR) is 128 cm³/mol. The highest BCUT2D eigenvalue weighted by atomic mass is 79.9. The van der Waals surface area contributed by atoms with Crippen LogP contribution in [0.3, 0.4) is 0 Å². The predicted octanol–water partition coefficient (Wildman–Crippen LogP) is 5.13. The van der Waals surface area contributed by atoms with Gasteiger partial charge in [-0.15, -0.1) is 0 Å². The van der Waals surface area contributed by atoms with Gasteiger partial charge in [-0.1, -0.05) is 114 Å². The first-order valence-corrected chi connectivity index (χ1v) is 12.5. The molecule has 138 valence electrons. The highest BCUT2D eigenvalue weighted by Crippen LogP contribution is 2.29. The number of benzene rings is 4. The lowest BCUT2D eigenvalue weighted by Crippen LogP contribution is -2.74. The maximum absolute atomic E-state index is 6.55. The fourth-order valence-electron chi connectivity index (χ4n) is 3.84. The van der Waals surface area contributed by atoms with E-state index in [-0.39, 0.29) is 0 Å². The van der Waals surface area contributed by atoms with Crippen LogP contribution in [0.1, 0.15) is 0 Å². The lowest BCUT2D eigenvalue weighted by molar-refractivity contribution is 1.64. The second-order valence-electron chi connectivity index (χ2n) is 6.60. The highest BCUT2D eigenvalue weighted by Gasteiger charge is 2.41. The molecule has 0 aliphatic carbocycles. The van der Waals surface area contributed by atoms with Crippen molar-refractivity contribution in [3.63, 3.8) is 0 Å². The molecule has 0 radical (unpaired) electrons. The molecule has 0 fully saturated rings.